The summed E-state index contributed by atoms with van der Waals surface area (Å²) in [5.41, 5.74) is 0.370. The number of amides is 2. The maximum Gasteiger partial charge on any atom is 0.308 e. The van der Waals surface area contributed by atoms with Gasteiger partial charge in [0.05, 0.1) is 11.3 Å². The van der Waals surface area contributed by atoms with Gasteiger partial charge in [-0.2, -0.15) is 0 Å². The van der Waals surface area contributed by atoms with Crippen LogP contribution >= 0.6 is 11.3 Å². The van der Waals surface area contributed by atoms with Crippen LogP contribution < -0.4 is 16.0 Å². The predicted molar refractivity (Wildman–Crippen MR) is 152 cm³/mol. The van der Waals surface area contributed by atoms with Crippen molar-refractivity contribution in [1.29, 1.82) is 0 Å². The fourth-order valence-corrected chi connectivity index (χ4v) is 5.01. The van der Waals surface area contributed by atoms with E-state index in [0.29, 0.717) is 36.0 Å². The fourth-order valence-electron chi connectivity index (χ4n) is 4.09. The molecule has 3 N–H and O–H groups in total. The van der Waals surface area contributed by atoms with Gasteiger partial charge in [0.25, 0.3) is 5.91 Å². The number of esters is 1. The van der Waals surface area contributed by atoms with Crippen LogP contribution in [0.3, 0.4) is 0 Å². The van der Waals surface area contributed by atoms with Gasteiger partial charge in [0.2, 0.25) is 12.2 Å². The Morgan fingerprint density at radius 1 is 1.18 bits per heavy atom. The van der Waals surface area contributed by atoms with E-state index in [1.807, 2.05) is 36.4 Å². The second-order valence-corrected chi connectivity index (χ2v) is 11.7. The van der Waals surface area contributed by atoms with Gasteiger partial charge in [-0.3, -0.25) is 24.7 Å². The number of hydrogen-bond donors (Lipinski definition) is 3. The molecule has 214 valence electrons. The highest BCUT2D eigenvalue weighted by molar-refractivity contribution is 7.14. The molecule has 2 aromatic rings. The Labute approximate surface area is 238 Å². The van der Waals surface area contributed by atoms with Crippen molar-refractivity contribution in [3.63, 3.8) is 0 Å². The summed E-state index contributed by atoms with van der Waals surface area (Å²) in [4.78, 5) is 43.7. The number of guanidine groups is 1. The minimum Gasteiger partial charge on any atom is -0.460 e. The Morgan fingerprint density at radius 2 is 1.98 bits per heavy atom. The molecular weight excluding hydrogens is 532 g/mol. The molecule has 40 heavy (non-hydrogen) atoms. The summed E-state index contributed by atoms with van der Waals surface area (Å²) in [6, 6.07) is 12.5. The maximum atomic E-state index is 13.2. The zero-order valence-electron chi connectivity index (χ0n) is 23.0. The van der Waals surface area contributed by atoms with Crippen LogP contribution in [0.5, 0.6) is 0 Å². The van der Waals surface area contributed by atoms with Gasteiger partial charge in [-0.15, -0.1) is 11.3 Å². The largest absolute Gasteiger partial charge is 0.460 e. The third kappa shape index (κ3) is 9.11. The van der Waals surface area contributed by atoms with Crippen molar-refractivity contribution < 1.29 is 28.6 Å². The SMILES string of the molecule is CC(C)(C)OC(=O)C[C@H](NC(=O)c1ccc(CCC(=O)NC2=NCCCN2)s1)C1=COC(Cc2ccccc2)O1. The lowest BCUT2D eigenvalue weighted by Gasteiger charge is -2.23. The third-order valence-corrected chi connectivity index (χ3v) is 7.07. The molecule has 1 aromatic heterocycles. The number of nitrogens with zero attached hydrogens (tertiary/aromatic N) is 1. The second kappa shape index (κ2) is 13.5. The van der Waals surface area contributed by atoms with Crippen molar-refractivity contribution in [3.8, 4) is 0 Å². The first-order chi connectivity index (χ1) is 19.1. The summed E-state index contributed by atoms with van der Waals surface area (Å²) >= 11 is 1.30. The van der Waals surface area contributed by atoms with Gasteiger partial charge in [-0.1, -0.05) is 30.3 Å². The average molecular weight is 569 g/mol. The summed E-state index contributed by atoms with van der Waals surface area (Å²) in [7, 11) is 0. The molecule has 0 radical (unpaired) electrons. The summed E-state index contributed by atoms with van der Waals surface area (Å²) in [6.07, 6.45) is 2.98. The molecule has 3 heterocycles. The van der Waals surface area contributed by atoms with E-state index in [1.54, 1.807) is 26.8 Å². The van der Waals surface area contributed by atoms with Gasteiger partial charge in [-0.25, -0.2) is 0 Å². The quantitative estimate of drug-likeness (QED) is 0.375. The number of nitrogens with one attached hydrogen (secondary N) is 3. The fraction of sp³-hybridized carbons (Fsp3) is 0.448. The predicted octanol–water partition coefficient (Wildman–Crippen LogP) is 3.43. The van der Waals surface area contributed by atoms with Crippen molar-refractivity contribution in [2.45, 2.75) is 70.8 Å². The maximum absolute atomic E-state index is 13.2. The molecule has 1 aromatic carbocycles. The number of benzene rings is 1. The average Bonchev–Trinajstić information content (AvgIpc) is 3.57. The highest BCUT2D eigenvalue weighted by Gasteiger charge is 2.31. The molecule has 0 bridgehead atoms. The molecule has 2 amide bonds. The molecule has 0 spiro atoms. The Morgan fingerprint density at radius 3 is 2.70 bits per heavy atom. The van der Waals surface area contributed by atoms with Crippen molar-refractivity contribution in [3.05, 3.63) is 69.8 Å². The number of aliphatic imine (C=N–C) groups is 1. The van der Waals surface area contributed by atoms with E-state index in [2.05, 4.69) is 20.9 Å². The number of rotatable bonds is 10. The van der Waals surface area contributed by atoms with Crippen molar-refractivity contribution in [2.24, 2.45) is 4.99 Å². The first-order valence-electron chi connectivity index (χ1n) is 13.4. The smallest absolute Gasteiger partial charge is 0.308 e. The van der Waals surface area contributed by atoms with E-state index in [0.717, 1.165) is 23.4 Å². The highest BCUT2D eigenvalue weighted by atomic mass is 32.1. The molecule has 2 aliphatic rings. The lowest BCUT2D eigenvalue weighted by atomic mass is 10.1. The normalized spacial score (nSPS) is 17.3. The van der Waals surface area contributed by atoms with Gasteiger partial charge in [-0.05, 0) is 51.3 Å². The van der Waals surface area contributed by atoms with Gasteiger partial charge >= 0.3 is 5.97 Å². The summed E-state index contributed by atoms with van der Waals surface area (Å²) in [5, 5.41) is 8.74. The van der Waals surface area contributed by atoms with E-state index in [1.165, 1.54) is 17.6 Å². The first-order valence-corrected chi connectivity index (χ1v) is 14.2. The Balaban J connectivity index is 1.35. The molecule has 10 nitrogen and oxygen atoms in total. The lowest BCUT2D eigenvalue weighted by Crippen LogP contribution is -2.43. The van der Waals surface area contributed by atoms with Crippen LogP contribution in [0.2, 0.25) is 0 Å². The molecule has 0 saturated heterocycles. The highest BCUT2D eigenvalue weighted by Crippen LogP contribution is 2.25. The summed E-state index contributed by atoms with van der Waals surface area (Å²) in [6.45, 7) is 6.85. The minimum atomic E-state index is -0.775. The summed E-state index contributed by atoms with van der Waals surface area (Å²) in [5.74, 6) is -0.0973. The van der Waals surface area contributed by atoms with Gasteiger partial charge in [0, 0.05) is 30.8 Å². The zero-order chi connectivity index (χ0) is 28.5. The van der Waals surface area contributed by atoms with E-state index >= 15 is 0 Å². The molecular formula is C29H36N4O6S. The van der Waals surface area contributed by atoms with Gasteiger partial charge in [0.1, 0.15) is 17.9 Å². The van der Waals surface area contributed by atoms with Crippen LogP contribution in [-0.4, -0.2) is 54.8 Å². The molecule has 0 aliphatic carbocycles. The van der Waals surface area contributed by atoms with Crippen molar-refractivity contribution in [1.82, 2.24) is 16.0 Å². The van der Waals surface area contributed by atoms with E-state index in [9.17, 15) is 14.4 Å². The van der Waals surface area contributed by atoms with Gasteiger partial charge < -0.3 is 24.8 Å². The van der Waals surface area contributed by atoms with Crippen LogP contribution in [0.25, 0.3) is 0 Å². The monoisotopic (exact) mass is 568 g/mol. The topological polar surface area (TPSA) is 127 Å². The molecule has 4 rings (SSSR count). The number of carbonyl (C=O) groups excluding carboxylic acids is 3. The standard InChI is InChI=1S/C29H36N4O6S/c1-29(2,3)39-25(35)17-21(22-18-37-26(38-22)16-19-8-5-4-6-9-19)32-27(36)23-12-10-20(40-23)11-13-24(34)33-28-30-14-7-15-31-28/h4-6,8-10,12,18,21,26H,7,11,13-17H2,1-3H3,(H,32,36)(H2,30,31,33,34)/t21-,26?/m0/s1. The Hall–Kier alpha value is -3.86. The number of carbonyl (C=O) groups is 3. The first kappa shape index (κ1) is 29.1. The van der Waals surface area contributed by atoms with Crippen molar-refractivity contribution >= 4 is 35.1 Å². The van der Waals surface area contributed by atoms with Crippen LogP contribution in [0.1, 0.15) is 60.1 Å². The molecule has 0 saturated carbocycles. The van der Waals surface area contributed by atoms with E-state index in [4.69, 9.17) is 14.2 Å². The minimum absolute atomic E-state index is 0.118. The molecule has 2 aliphatic heterocycles. The van der Waals surface area contributed by atoms with E-state index < -0.39 is 23.9 Å². The lowest BCUT2D eigenvalue weighted by molar-refractivity contribution is -0.155. The molecule has 1 unspecified atom stereocenters. The number of thiophene rings is 1. The number of aryl methyl sites for hydroxylation is 1. The molecule has 11 heteroatoms. The summed E-state index contributed by atoms with van der Waals surface area (Å²) < 4.78 is 17.2. The van der Waals surface area contributed by atoms with Gasteiger partial charge in [0.15, 0.2) is 11.7 Å². The molecule has 0 fully saturated rings. The zero-order valence-corrected chi connectivity index (χ0v) is 23.8. The number of ether oxygens (including phenoxy) is 3. The number of hydrogen-bond acceptors (Lipinski definition) is 9. The Bertz CT molecular complexity index is 1250. The van der Waals surface area contributed by atoms with E-state index in [-0.39, 0.29) is 24.7 Å². The second-order valence-electron chi connectivity index (χ2n) is 10.5. The van der Waals surface area contributed by atoms with Crippen LogP contribution in [-0.2, 0) is 36.6 Å². The van der Waals surface area contributed by atoms with Crippen molar-refractivity contribution in [2.75, 3.05) is 13.1 Å². The van der Waals surface area contributed by atoms with Crippen LogP contribution in [0.4, 0.5) is 0 Å². The van der Waals surface area contributed by atoms with Crippen LogP contribution in [0.15, 0.2) is 59.5 Å². The van der Waals surface area contributed by atoms with Crippen LogP contribution in [0, 0.1) is 0 Å². The molecule has 2 atom stereocenters. The third-order valence-electron chi connectivity index (χ3n) is 5.93. The Kier molecular flexibility index (Phi) is 9.81.